The van der Waals surface area contributed by atoms with Gasteiger partial charge in [-0.05, 0) is 45.1 Å². The van der Waals surface area contributed by atoms with Crippen molar-refractivity contribution in [2.45, 2.75) is 52.0 Å². The van der Waals surface area contributed by atoms with Gasteiger partial charge in [-0.1, -0.05) is 0 Å². The molecule has 0 radical (unpaired) electrons. The summed E-state index contributed by atoms with van der Waals surface area (Å²) in [4.78, 5) is 19.4. The molecule has 1 amide bonds. The number of hydrogen-bond donors (Lipinski definition) is 0. The van der Waals surface area contributed by atoms with Gasteiger partial charge in [0.05, 0.1) is 11.7 Å². The number of piperidine rings is 1. The first-order valence-corrected chi connectivity index (χ1v) is 9.13. The fourth-order valence-electron chi connectivity index (χ4n) is 3.29. The van der Waals surface area contributed by atoms with Gasteiger partial charge in [0.1, 0.15) is 5.01 Å². The summed E-state index contributed by atoms with van der Waals surface area (Å²) in [5.41, 5.74) is 3.24. The van der Waals surface area contributed by atoms with Crippen LogP contribution < -0.4 is 0 Å². The molecule has 0 unspecified atom stereocenters. The molecule has 1 saturated heterocycles. The van der Waals surface area contributed by atoms with E-state index in [1.807, 2.05) is 36.7 Å². The maximum absolute atomic E-state index is 12.8. The van der Waals surface area contributed by atoms with Crippen molar-refractivity contribution in [3.05, 3.63) is 33.5 Å². The van der Waals surface area contributed by atoms with Gasteiger partial charge >= 0.3 is 0 Å². The molecule has 0 spiro atoms. The highest BCUT2D eigenvalue weighted by atomic mass is 32.1. The van der Waals surface area contributed by atoms with Crippen LogP contribution in [0.3, 0.4) is 0 Å². The second kappa shape index (κ2) is 6.83. The van der Waals surface area contributed by atoms with Crippen LogP contribution in [-0.4, -0.2) is 32.1 Å². The number of carbonyl (C=O) groups excluding carboxylic acids is 1. The molecule has 2 aromatic heterocycles. The summed E-state index contributed by atoms with van der Waals surface area (Å²) in [6.07, 6.45) is 6.63. The van der Waals surface area contributed by atoms with E-state index < -0.39 is 0 Å². The largest absolute Gasteiger partial charge is 0.333 e. The van der Waals surface area contributed by atoms with Gasteiger partial charge in [-0.15, -0.1) is 11.3 Å². The highest BCUT2D eigenvalue weighted by Gasteiger charge is 2.29. The van der Waals surface area contributed by atoms with Crippen molar-refractivity contribution < 1.29 is 4.79 Å². The predicted octanol–water partition coefficient (Wildman–Crippen LogP) is 3.18. The van der Waals surface area contributed by atoms with Crippen molar-refractivity contribution in [2.75, 3.05) is 6.54 Å². The van der Waals surface area contributed by atoms with Gasteiger partial charge in [-0.3, -0.25) is 9.48 Å². The zero-order chi connectivity index (χ0) is 16.4. The lowest BCUT2D eigenvalue weighted by molar-refractivity contribution is -0.135. The quantitative estimate of drug-likeness (QED) is 0.864. The summed E-state index contributed by atoms with van der Waals surface area (Å²) in [6.45, 7) is 4.87. The van der Waals surface area contributed by atoms with Crippen LogP contribution in [0.5, 0.6) is 0 Å². The Hall–Kier alpha value is -1.69. The van der Waals surface area contributed by atoms with Crippen LogP contribution in [-0.2, 0) is 18.3 Å². The van der Waals surface area contributed by atoms with E-state index in [1.54, 1.807) is 11.3 Å². The molecule has 23 heavy (non-hydrogen) atoms. The Morgan fingerprint density at radius 1 is 1.39 bits per heavy atom. The Kier molecular flexibility index (Phi) is 4.80. The van der Waals surface area contributed by atoms with Crippen molar-refractivity contribution in [3.8, 4) is 0 Å². The number of amides is 1. The van der Waals surface area contributed by atoms with Crippen LogP contribution in [0.15, 0.2) is 11.6 Å². The Morgan fingerprint density at radius 3 is 2.87 bits per heavy atom. The summed E-state index contributed by atoms with van der Waals surface area (Å²) in [7, 11) is 1.92. The average molecular weight is 332 g/mol. The van der Waals surface area contributed by atoms with Crippen molar-refractivity contribution in [2.24, 2.45) is 7.05 Å². The molecule has 3 rings (SSSR count). The van der Waals surface area contributed by atoms with Crippen LogP contribution in [0.1, 0.15) is 53.7 Å². The number of thiazole rings is 1. The summed E-state index contributed by atoms with van der Waals surface area (Å²) in [5.74, 6) is 0.241. The Morgan fingerprint density at radius 2 is 2.22 bits per heavy atom. The fourth-order valence-corrected chi connectivity index (χ4v) is 4.23. The Labute approximate surface area is 141 Å². The highest BCUT2D eigenvalue weighted by Crippen LogP contribution is 2.33. The second-order valence-electron chi connectivity index (χ2n) is 6.34. The van der Waals surface area contributed by atoms with Crippen LogP contribution in [0.4, 0.5) is 0 Å². The van der Waals surface area contributed by atoms with Crippen LogP contribution in [0, 0.1) is 13.8 Å². The molecule has 0 bridgehead atoms. The van der Waals surface area contributed by atoms with Gasteiger partial charge < -0.3 is 4.90 Å². The topological polar surface area (TPSA) is 51.0 Å². The second-order valence-corrected chi connectivity index (χ2v) is 7.23. The minimum Gasteiger partial charge on any atom is -0.333 e. The molecular formula is C17H24N4OS. The van der Waals surface area contributed by atoms with E-state index >= 15 is 0 Å². The van der Waals surface area contributed by atoms with E-state index in [2.05, 4.69) is 15.5 Å². The van der Waals surface area contributed by atoms with Crippen molar-refractivity contribution in [3.63, 3.8) is 0 Å². The van der Waals surface area contributed by atoms with Gasteiger partial charge in [0.2, 0.25) is 5.91 Å². The summed E-state index contributed by atoms with van der Waals surface area (Å²) < 4.78 is 1.82. The molecule has 5 nitrogen and oxygen atoms in total. The summed E-state index contributed by atoms with van der Waals surface area (Å²) >= 11 is 1.68. The smallest absolute Gasteiger partial charge is 0.223 e. The van der Waals surface area contributed by atoms with E-state index in [4.69, 9.17) is 0 Å². The molecule has 0 saturated carbocycles. The normalized spacial score (nSPS) is 18.4. The van der Waals surface area contributed by atoms with Gasteiger partial charge in [-0.2, -0.15) is 5.10 Å². The molecule has 1 fully saturated rings. The van der Waals surface area contributed by atoms with E-state index in [9.17, 15) is 4.79 Å². The lowest BCUT2D eigenvalue weighted by Crippen LogP contribution is -2.38. The zero-order valence-corrected chi connectivity index (χ0v) is 14.9. The molecule has 124 valence electrons. The first-order chi connectivity index (χ1) is 11.0. The van der Waals surface area contributed by atoms with Gasteiger partial charge in [0.25, 0.3) is 0 Å². The molecule has 0 aromatic carbocycles. The van der Waals surface area contributed by atoms with Crippen LogP contribution in [0.2, 0.25) is 0 Å². The number of aryl methyl sites for hydroxylation is 4. The summed E-state index contributed by atoms with van der Waals surface area (Å²) in [6, 6.07) is 0.171. The van der Waals surface area contributed by atoms with E-state index in [-0.39, 0.29) is 11.9 Å². The summed E-state index contributed by atoms with van der Waals surface area (Å²) in [5, 5.41) is 7.52. The molecule has 1 atom stereocenters. The van der Waals surface area contributed by atoms with E-state index in [0.29, 0.717) is 6.42 Å². The Balaban J connectivity index is 1.67. The monoisotopic (exact) mass is 332 g/mol. The van der Waals surface area contributed by atoms with E-state index in [0.717, 1.165) is 42.2 Å². The fraction of sp³-hybridized carbons (Fsp3) is 0.588. The number of aromatic nitrogens is 3. The van der Waals surface area contributed by atoms with Crippen molar-refractivity contribution >= 4 is 17.2 Å². The van der Waals surface area contributed by atoms with Crippen LogP contribution >= 0.6 is 11.3 Å². The number of nitrogens with zero attached hydrogens (tertiary/aromatic N) is 4. The maximum atomic E-state index is 12.8. The van der Waals surface area contributed by atoms with Crippen molar-refractivity contribution in [1.82, 2.24) is 19.7 Å². The minimum absolute atomic E-state index is 0.171. The molecule has 2 aromatic rings. The third-order valence-electron chi connectivity index (χ3n) is 4.47. The number of carbonyl (C=O) groups is 1. The van der Waals surface area contributed by atoms with Gasteiger partial charge in [0.15, 0.2) is 0 Å². The molecule has 1 aliphatic rings. The lowest BCUT2D eigenvalue weighted by Gasteiger charge is -2.34. The van der Waals surface area contributed by atoms with Gasteiger partial charge in [0, 0.05) is 37.3 Å². The number of rotatable bonds is 4. The molecule has 1 aliphatic heterocycles. The first-order valence-electron chi connectivity index (χ1n) is 8.25. The predicted molar refractivity (Wildman–Crippen MR) is 91.4 cm³/mol. The van der Waals surface area contributed by atoms with E-state index in [1.165, 1.54) is 12.0 Å². The van der Waals surface area contributed by atoms with Crippen LogP contribution in [0.25, 0.3) is 0 Å². The molecule has 0 aliphatic carbocycles. The zero-order valence-electron chi connectivity index (χ0n) is 14.1. The lowest BCUT2D eigenvalue weighted by atomic mass is 10.0. The maximum Gasteiger partial charge on any atom is 0.223 e. The number of likely N-dealkylation sites (tertiary alicyclic amines) is 1. The SMILES string of the molecule is Cc1csc([C@@H]2CCCCN2C(=O)CCc2cn(C)nc2C)n1. The van der Waals surface area contributed by atoms with Crippen molar-refractivity contribution in [1.29, 1.82) is 0 Å². The Bertz CT molecular complexity index is 691. The third kappa shape index (κ3) is 3.63. The standard InChI is InChI=1S/C17H24N4OS/c1-12-11-23-17(18-12)15-6-4-5-9-21(15)16(22)8-7-14-10-20(3)19-13(14)2/h10-11,15H,4-9H2,1-3H3/t15-/m0/s1. The molecule has 0 N–H and O–H groups in total. The highest BCUT2D eigenvalue weighted by molar-refractivity contribution is 7.09. The number of hydrogen-bond acceptors (Lipinski definition) is 4. The molecule has 6 heteroatoms. The first kappa shape index (κ1) is 16.2. The average Bonchev–Trinajstić information content (AvgIpc) is 3.10. The van der Waals surface area contributed by atoms with Gasteiger partial charge in [-0.25, -0.2) is 4.98 Å². The molecule has 3 heterocycles. The molecular weight excluding hydrogens is 308 g/mol. The third-order valence-corrected chi connectivity index (χ3v) is 5.53. The minimum atomic E-state index is 0.171.